The molecular weight excluding hydrogens is 266 g/mol. The summed E-state index contributed by atoms with van der Waals surface area (Å²) in [6.07, 6.45) is -9.31. The fourth-order valence-corrected chi connectivity index (χ4v) is 0.847. The molecule has 0 saturated heterocycles. The third kappa shape index (κ3) is 5.15. The van der Waals surface area contributed by atoms with Crippen molar-refractivity contribution in [1.29, 1.82) is 0 Å². The molecule has 0 rings (SSSR count). The minimum Gasteiger partial charge on any atom is -0.461 e. The van der Waals surface area contributed by atoms with Crippen LogP contribution in [-0.4, -0.2) is 25.6 Å². The summed E-state index contributed by atoms with van der Waals surface area (Å²) >= 11 is 0. The topological polar surface area (TPSA) is 18.5 Å². The van der Waals surface area contributed by atoms with Crippen LogP contribution in [0, 0.1) is 0 Å². The molecule has 0 aliphatic heterocycles. The molecule has 0 aromatic heterocycles. The summed E-state index contributed by atoms with van der Waals surface area (Å²) in [7, 11) is 0. The van der Waals surface area contributed by atoms with Crippen molar-refractivity contribution >= 4 is 0 Å². The summed E-state index contributed by atoms with van der Waals surface area (Å²) in [5.74, 6) is -1.64. The summed E-state index contributed by atoms with van der Waals surface area (Å²) in [4.78, 5) is 0. The molecule has 8 heteroatoms. The molecule has 2 nitrogen and oxygen atoms in total. The molecule has 0 radical (unpaired) electrons. The zero-order valence-corrected chi connectivity index (χ0v) is 9.07. The first-order chi connectivity index (χ1) is 8.14. The van der Waals surface area contributed by atoms with E-state index in [2.05, 4.69) is 22.6 Å². The van der Waals surface area contributed by atoms with E-state index in [4.69, 9.17) is 0 Å². The van der Waals surface area contributed by atoms with Crippen molar-refractivity contribution in [3.05, 3.63) is 36.8 Å². The highest BCUT2D eigenvalue weighted by Gasteiger charge is 2.55. The number of allylic oxidation sites excluding steroid dienone is 1. The number of alkyl halides is 6. The van der Waals surface area contributed by atoms with E-state index >= 15 is 0 Å². The summed E-state index contributed by atoms with van der Waals surface area (Å²) in [5, 5.41) is 0. The number of hydrogen-bond donors (Lipinski definition) is 0. The van der Waals surface area contributed by atoms with Crippen molar-refractivity contribution in [1.82, 2.24) is 0 Å². The van der Waals surface area contributed by atoms with Gasteiger partial charge in [-0.3, -0.25) is 0 Å². The van der Waals surface area contributed by atoms with Gasteiger partial charge in [0.25, 0.3) is 5.95 Å². The maximum Gasteiger partial charge on any atom is 0.428 e. The molecule has 0 aliphatic rings. The molecule has 0 saturated carbocycles. The van der Waals surface area contributed by atoms with E-state index in [1.165, 1.54) is 0 Å². The molecule has 0 amide bonds. The van der Waals surface area contributed by atoms with Gasteiger partial charge in [-0.25, -0.2) is 0 Å². The number of hydrogen-bond acceptors (Lipinski definition) is 2. The first-order valence-electron chi connectivity index (χ1n) is 4.50. The Hall–Kier alpha value is -1.60. The van der Waals surface area contributed by atoms with Crippen LogP contribution in [0.2, 0.25) is 0 Å². The molecule has 0 unspecified atom stereocenters. The fourth-order valence-electron chi connectivity index (χ4n) is 0.847. The highest BCUT2D eigenvalue weighted by Crippen LogP contribution is 2.41. The normalized spacial score (nSPS) is 11.7. The minimum absolute atomic E-state index is 0.553. The molecule has 0 heterocycles. The van der Waals surface area contributed by atoms with Crippen LogP contribution in [0.1, 0.15) is 0 Å². The molecule has 0 spiro atoms. The second-order valence-electron chi connectivity index (χ2n) is 2.86. The van der Waals surface area contributed by atoms with E-state index in [-0.39, 0.29) is 0 Å². The lowest BCUT2D eigenvalue weighted by atomic mass is 10.2. The Morgan fingerprint density at radius 1 is 0.833 bits per heavy atom. The zero-order chi connectivity index (χ0) is 14.4. The molecular formula is C10H10F6O2. The van der Waals surface area contributed by atoms with Crippen LogP contribution in [0.25, 0.3) is 0 Å². The van der Waals surface area contributed by atoms with Crippen LogP contribution >= 0.6 is 0 Å². The highest BCUT2D eigenvalue weighted by atomic mass is 19.4. The number of rotatable bonds is 6. The average Bonchev–Trinajstić information content (AvgIpc) is 2.17. The molecule has 0 atom stereocenters. The summed E-state index contributed by atoms with van der Waals surface area (Å²) in [6.45, 7) is 5.11. The third-order valence-electron chi connectivity index (χ3n) is 1.44. The van der Waals surface area contributed by atoms with Crippen molar-refractivity contribution < 1.29 is 35.8 Å². The first-order valence-corrected chi connectivity index (χ1v) is 4.50. The Balaban J connectivity index is 5.51. The minimum atomic E-state index is -5.64. The molecule has 0 fully saturated rings. The largest absolute Gasteiger partial charge is 0.461 e. The molecule has 18 heavy (non-hydrogen) atoms. The maximum atomic E-state index is 12.3. The second-order valence-corrected chi connectivity index (χ2v) is 2.86. The van der Waals surface area contributed by atoms with Crippen LogP contribution in [0.3, 0.4) is 0 Å². The fraction of sp³-hybridized carbons (Fsp3) is 0.400. The van der Waals surface area contributed by atoms with Gasteiger partial charge in [0, 0.05) is 0 Å². The first kappa shape index (κ1) is 16.4. The van der Waals surface area contributed by atoms with Gasteiger partial charge in [0.15, 0.2) is 0 Å². The standard InChI is InChI=1S/C10H10F6O2/c1-3-5-17-8(18-6-4-2)7(9(11,12)13)10(14,15)16/h3-4H,1-2,5-6H2. The Labute approximate surface area is 99.2 Å². The van der Waals surface area contributed by atoms with Crippen molar-refractivity contribution in [2.45, 2.75) is 12.4 Å². The summed E-state index contributed by atoms with van der Waals surface area (Å²) in [5.41, 5.74) is -2.83. The number of ether oxygens (including phenoxy) is 2. The van der Waals surface area contributed by atoms with Crippen molar-refractivity contribution in [2.75, 3.05) is 13.2 Å². The van der Waals surface area contributed by atoms with Crippen LogP contribution in [0.5, 0.6) is 0 Å². The Bertz CT molecular complexity index is 296. The van der Waals surface area contributed by atoms with Gasteiger partial charge in [0.2, 0.25) is 5.57 Å². The molecule has 0 aromatic carbocycles. The Morgan fingerprint density at radius 2 is 1.17 bits per heavy atom. The maximum absolute atomic E-state index is 12.3. The average molecular weight is 276 g/mol. The number of halogens is 6. The van der Waals surface area contributed by atoms with Crippen molar-refractivity contribution in [3.63, 3.8) is 0 Å². The third-order valence-corrected chi connectivity index (χ3v) is 1.44. The van der Waals surface area contributed by atoms with E-state index in [1.54, 1.807) is 0 Å². The quantitative estimate of drug-likeness (QED) is 0.418. The molecule has 0 aromatic rings. The van der Waals surface area contributed by atoms with Gasteiger partial charge in [0.1, 0.15) is 13.2 Å². The van der Waals surface area contributed by atoms with Crippen LogP contribution in [-0.2, 0) is 9.47 Å². The molecule has 0 aliphatic carbocycles. The van der Waals surface area contributed by atoms with Gasteiger partial charge < -0.3 is 9.47 Å². The van der Waals surface area contributed by atoms with Gasteiger partial charge in [0.05, 0.1) is 0 Å². The highest BCUT2D eigenvalue weighted by molar-refractivity contribution is 5.17. The monoisotopic (exact) mass is 276 g/mol. The van der Waals surface area contributed by atoms with Gasteiger partial charge >= 0.3 is 12.4 Å². The molecule has 104 valence electrons. The van der Waals surface area contributed by atoms with Crippen LogP contribution in [0.4, 0.5) is 26.3 Å². The predicted octanol–water partition coefficient (Wildman–Crippen LogP) is 3.73. The SMILES string of the molecule is C=CCOC(OCC=C)=C(C(F)(F)F)C(F)(F)F. The lowest BCUT2D eigenvalue weighted by Gasteiger charge is -2.19. The van der Waals surface area contributed by atoms with Gasteiger partial charge in [-0.2, -0.15) is 26.3 Å². The van der Waals surface area contributed by atoms with Gasteiger partial charge in [-0.1, -0.05) is 25.3 Å². The zero-order valence-electron chi connectivity index (χ0n) is 9.07. The second kappa shape index (κ2) is 6.36. The Kier molecular flexibility index (Phi) is 5.80. The summed E-state index contributed by atoms with van der Waals surface area (Å²) in [6, 6.07) is 0. The van der Waals surface area contributed by atoms with Crippen LogP contribution in [0.15, 0.2) is 36.8 Å². The predicted molar refractivity (Wildman–Crippen MR) is 51.4 cm³/mol. The lowest BCUT2D eigenvalue weighted by molar-refractivity contribution is -0.182. The van der Waals surface area contributed by atoms with Crippen molar-refractivity contribution in [3.8, 4) is 0 Å². The van der Waals surface area contributed by atoms with Crippen LogP contribution < -0.4 is 0 Å². The van der Waals surface area contributed by atoms with E-state index < -0.39 is 37.1 Å². The Morgan fingerprint density at radius 3 is 1.39 bits per heavy atom. The van der Waals surface area contributed by atoms with E-state index in [0.29, 0.717) is 0 Å². The molecule has 0 bridgehead atoms. The van der Waals surface area contributed by atoms with E-state index in [0.717, 1.165) is 12.2 Å². The smallest absolute Gasteiger partial charge is 0.428 e. The summed E-state index contributed by atoms with van der Waals surface area (Å²) < 4.78 is 82.5. The van der Waals surface area contributed by atoms with E-state index in [9.17, 15) is 26.3 Å². The van der Waals surface area contributed by atoms with E-state index in [1.807, 2.05) is 0 Å². The van der Waals surface area contributed by atoms with Gasteiger partial charge in [-0.05, 0) is 0 Å². The lowest BCUT2D eigenvalue weighted by Crippen LogP contribution is -2.29. The van der Waals surface area contributed by atoms with Crippen molar-refractivity contribution in [2.24, 2.45) is 0 Å². The van der Waals surface area contributed by atoms with Gasteiger partial charge in [-0.15, -0.1) is 0 Å². The molecule has 0 N–H and O–H groups in total.